The normalized spacial score (nSPS) is 52.4. The van der Waals surface area contributed by atoms with Crippen molar-refractivity contribution in [2.75, 3.05) is 6.61 Å². The molecule has 1 unspecified atom stereocenters. The molecule has 6 heteroatoms. The van der Waals surface area contributed by atoms with E-state index < -0.39 is 5.79 Å². The lowest BCUT2D eigenvalue weighted by Crippen LogP contribution is -2.59. The Morgan fingerprint density at radius 1 is 0.875 bits per heavy atom. The topological polar surface area (TPSA) is 76.7 Å². The zero-order valence-electron chi connectivity index (χ0n) is 25.5. The van der Waals surface area contributed by atoms with Crippen molar-refractivity contribution in [1.82, 2.24) is 10.6 Å². The van der Waals surface area contributed by atoms with E-state index in [0.717, 1.165) is 64.4 Å². The van der Waals surface area contributed by atoms with Crippen molar-refractivity contribution in [2.45, 2.75) is 142 Å². The number of fused-ring (bicyclic) bond motifs is 7. The molecule has 0 aromatic heterocycles. The van der Waals surface area contributed by atoms with E-state index in [0.29, 0.717) is 41.4 Å². The second-order valence-electron chi connectivity index (χ2n) is 16.0. The highest BCUT2D eigenvalue weighted by Crippen LogP contribution is 2.70. The van der Waals surface area contributed by atoms with Gasteiger partial charge in [0.05, 0.1) is 12.7 Å². The van der Waals surface area contributed by atoms with E-state index in [4.69, 9.17) is 9.47 Å². The predicted octanol–water partition coefficient (Wildman–Crippen LogP) is 6.61. The number of carbonyl (C=O) groups excluding carboxylic acids is 2. The van der Waals surface area contributed by atoms with Crippen LogP contribution in [-0.4, -0.2) is 42.4 Å². The minimum atomic E-state index is -0.467. The van der Waals surface area contributed by atoms with Crippen molar-refractivity contribution in [3.63, 3.8) is 0 Å². The Morgan fingerprint density at radius 2 is 1.65 bits per heavy atom. The van der Waals surface area contributed by atoms with Gasteiger partial charge in [0.2, 0.25) is 0 Å². The largest absolute Gasteiger partial charge is 0.349 e. The van der Waals surface area contributed by atoms with Crippen LogP contribution in [0.15, 0.2) is 0 Å². The number of nitrogens with one attached hydrogen (secondary N) is 2. The second-order valence-corrected chi connectivity index (χ2v) is 16.0. The van der Waals surface area contributed by atoms with E-state index in [2.05, 4.69) is 38.3 Å². The summed E-state index contributed by atoms with van der Waals surface area (Å²) in [6.45, 7) is 10.2. The number of rotatable bonds is 2. The summed E-state index contributed by atoms with van der Waals surface area (Å²) in [5.74, 6) is 3.32. The smallest absolute Gasteiger partial charge is 0.315 e. The highest BCUT2D eigenvalue weighted by atomic mass is 16.7. The van der Waals surface area contributed by atoms with Crippen molar-refractivity contribution in [1.29, 1.82) is 0 Å². The van der Waals surface area contributed by atoms with Crippen LogP contribution in [0.3, 0.4) is 0 Å². The van der Waals surface area contributed by atoms with Crippen LogP contribution >= 0.6 is 0 Å². The first-order chi connectivity index (χ1) is 19.1. The number of amides is 2. The summed E-state index contributed by atoms with van der Waals surface area (Å²) in [4.78, 5) is 27.1. The maximum absolute atomic E-state index is 14.3. The minimum Gasteiger partial charge on any atom is -0.349 e. The van der Waals surface area contributed by atoms with E-state index in [1.807, 2.05) is 0 Å². The fraction of sp³-hybridized carbons (Fsp3) is 0.941. The van der Waals surface area contributed by atoms with Crippen LogP contribution in [0.2, 0.25) is 0 Å². The molecule has 224 valence electrons. The standard InChI is InChI=1S/C34H54N2O4/c1-20-12-15-34(39-19-20)21(2)30-28(40-34)17-27-25-11-10-22-16-24(36-31(38)35-23-8-6-5-7-9-23)13-14-32(22,3)26(25)18-29(37)33(27,30)4/h20-28,30H,5-19H2,1-4H3,(H2,35,36,38)/t20?,21-,22-,24+,25+,26-,27-,28-,30-,32-,33+,34+/m0/s1. The van der Waals surface area contributed by atoms with Crippen LogP contribution in [0, 0.1) is 52.3 Å². The molecule has 7 aliphatic rings. The lowest BCUT2D eigenvalue weighted by molar-refractivity contribution is -0.272. The van der Waals surface area contributed by atoms with Gasteiger partial charge >= 0.3 is 6.03 Å². The van der Waals surface area contributed by atoms with Gasteiger partial charge in [-0.15, -0.1) is 0 Å². The molecule has 0 aromatic carbocycles. The van der Waals surface area contributed by atoms with E-state index in [1.54, 1.807) is 0 Å². The zero-order valence-corrected chi connectivity index (χ0v) is 25.5. The van der Waals surface area contributed by atoms with Crippen LogP contribution < -0.4 is 10.6 Å². The summed E-state index contributed by atoms with van der Waals surface area (Å²) in [6.07, 6.45) is 15.8. The van der Waals surface area contributed by atoms with Crippen molar-refractivity contribution in [2.24, 2.45) is 52.3 Å². The molecule has 5 aliphatic carbocycles. The first kappa shape index (κ1) is 27.7. The molecular formula is C34H54N2O4. The minimum absolute atomic E-state index is 0.0404. The molecule has 40 heavy (non-hydrogen) atoms. The Labute approximate surface area is 241 Å². The molecule has 2 heterocycles. The van der Waals surface area contributed by atoms with E-state index in [-0.39, 0.29) is 40.8 Å². The highest BCUT2D eigenvalue weighted by Gasteiger charge is 2.71. The maximum atomic E-state index is 14.3. The highest BCUT2D eigenvalue weighted by molar-refractivity contribution is 5.87. The van der Waals surface area contributed by atoms with Crippen LogP contribution in [-0.2, 0) is 14.3 Å². The summed E-state index contributed by atoms with van der Waals surface area (Å²) in [6, 6.07) is 0.650. The van der Waals surface area contributed by atoms with Gasteiger partial charge in [-0.2, -0.15) is 0 Å². The number of carbonyl (C=O) groups is 2. The number of Topliss-reactive ketones (excluding diaryl/α,β-unsaturated/α-hetero) is 1. The fourth-order valence-corrected chi connectivity index (χ4v) is 11.7. The first-order valence-corrected chi connectivity index (χ1v) is 17.1. The lowest BCUT2D eigenvalue weighted by atomic mass is 9.44. The Kier molecular flexibility index (Phi) is 6.89. The zero-order chi connectivity index (χ0) is 27.9. The number of hydrogen-bond donors (Lipinski definition) is 2. The van der Waals surface area contributed by atoms with Gasteiger partial charge in [0, 0.05) is 42.2 Å². The first-order valence-electron chi connectivity index (χ1n) is 17.1. The Morgan fingerprint density at radius 3 is 2.40 bits per heavy atom. The molecule has 2 amide bonds. The third kappa shape index (κ3) is 4.15. The average Bonchev–Trinajstić information content (AvgIpc) is 3.38. The molecule has 1 spiro atoms. The predicted molar refractivity (Wildman–Crippen MR) is 154 cm³/mol. The number of ketones is 1. The van der Waals surface area contributed by atoms with Crippen LogP contribution in [0.5, 0.6) is 0 Å². The molecule has 7 rings (SSSR count). The van der Waals surface area contributed by atoms with Crippen molar-refractivity contribution < 1.29 is 19.1 Å². The molecule has 2 saturated heterocycles. The van der Waals surface area contributed by atoms with E-state index in [9.17, 15) is 9.59 Å². The van der Waals surface area contributed by atoms with Gasteiger partial charge in [0.25, 0.3) is 0 Å². The number of urea groups is 1. The third-order valence-electron chi connectivity index (χ3n) is 14.1. The third-order valence-corrected chi connectivity index (χ3v) is 14.1. The lowest BCUT2D eigenvalue weighted by Gasteiger charge is -2.60. The summed E-state index contributed by atoms with van der Waals surface area (Å²) in [5.41, 5.74) is -0.0771. The molecule has 12 atom stereocenters. The molecule has 0 aromatic rings. The molecule has 0 bridgehead atoms. The summed E-state index contributed by atoms with van der Waals surface area (Å²) >= 11 is 0. The van der Waals surface area contributed by atoms with Gasteiger partial charge in [-0.05, 0) is 92.8 Å². The van der Waals surface area contributed by atoms with Gasteiger partial charge in [-0.25, -0.2) is 4.79 Å². The maximum Gasteiger partial charge on any atom is 0.315 e. The van der Waals surface area contributed by atoms with Crippen LogP contribution in [0.25, 0.3) is 0 Å². The van der Waals surface area contributed by atoms with Gasteiger partial charge in [-0.3, -0.25) is 4.79 Å². The van der Waals surface area contributed by atoms with E-state index >= 15 is 0 Å². The van der Waals surface area contributed by atoms with Crippen molar-refractivity contribution in [3.05, 3.63) is 0 Å². The van der Waals surface area contributed by atoms with Gasteiger partial charge < -0.3 is 20.1 Å². The monoisotopic (exact) mass is 554 g/mol. The van der Waals surface area contributed by atoms with Crippen molar-refractivity contribution >= 4 is 11.8 Å². The second kappa shape index (κ2) is 9.96. The van der Waals surface area contributed by atoms with Gasteiger partial charge in [-0.1, -0.05) is 47.0 Å². The average molecular weight is 555 g/mol. The SMILES string of the molecule is CC1CC[C@@]2(OC1)O[C@H]1C[C@H]3[C@@H]4CC[C@H]5C[C@H](NC(=O)NC6CCCCC6)CC[C@]5(C)[C@H]4CC(=O)[C@]3(C)[C@H]1[C@@H]2C. The summed E-state index contributed by atoms with van der Waals surface area (Å²) in [7, 11) is 0. The van der Waals surface area contributed by atoms with Crippen LogP contribution in [0.1, 0.15) is 118 Å². The van der Waals surface area contributed by atoms with Crippen LogP contribution in [0.4, 0.5) is 4.79 Å². The molecule has 2 N–H and O–H groups in total. The van der Waals surface area contributed by atoms with Gasteiger partial charge in [0.1, 0.15) is 5.78 Å². The van der Waals surface area contributed by atoms with E-state index in [1.165, 1.54) is 32.1 Å². The van der Waals surface area contributed by atoms with Gasteiger partial charge in [0.15, 0.2) is 5.79 Å². The Hall–Kier alpha value is -1.14. The number of hydrogen-bond acceptors (Lipinski definition) is 4. The molecular weight excluding hydrogens is 500 g/mol. The molecule has 5 saturated carbocycles. The summed E-state index contributed by atoms with van der Waals surface area (Å²) in [5, 5.41) is 6.62. The molecule has 2 aliphatic heterocycles. The molecule has 6 nitrogen and oxygen atoms in total. The fourth-order valence-electron chi connectivity index (χ4n) is 11.7. The summed E-state index contributed by atoms with van der Waals surface area (Å²) < 4.78 is 13.3. The Balaban J connectivity index is 1.03. The Bertz CT molecular complexity index is 1000. The number of ether oxygens (including phenoxy) is 2. The quantitative estimate of drug-likeness (QED) is 0.403. The molecule has 0 radical (unpaired) electrons. The van der Waals surface area contributed by atoms with Crippen molar-refractivity contribution in [3.8, 4) is 0 Å². The molecule has 7 fully saturated rings.